The van der Waals surface area contributed by atoms with Crippen LogP contribution >= 0.6 is 0 Å². The smallest absolute Gasteiger partial charge is 0.311 e. The molecule has 5 heteroatoms. The van der Waals surface area contributed by atoms with E-state index in [1.807, 2.05) is 6.07 Å². The number of esters is 1. The molecule has 0 aromatic heterocycles. The van der Waals surface area contributed by atoms with Gasteiger partial charge in [0.15, 0.2) is 11.5 Å². The fourth-order valence-corrected chi connectivity index (χ4v) is 2.58. The van der Waals surface area contributed by atoms with E-state index in [2.05, 4.69) is 0 Å². The molecule has 1 aromatic rings. The Hall–Kier alpha value is -1.75. The largest absolute Gasteiger partial charge is 0.469 e. The molecule has 3 rings (SSSR count). The van der Waals surface area contributed by atoms with E-state index in [-0.39, 0.29) is 12.8 Å². The van der Waals surface area contributed by atoms with Crippen LogP contribution in [-0.4, -0.2) is 25.0 Å². The predicted octanol–water partition coefficient (Wildman–Crippen LogP) is 1.18. The van der Waals surface area contributed by atoms with Gasteiger partial charge in [-0.2, -0.15) is 0 Å². The molecule has 1 heterocycles. The van der Waals surface area contributed by atoms with Crippen molar-refractivity contribution in [3.05, 3.63) is 23.3 Å². The molecule has 0 radical (unpaired) electrons. The summed E-state index contributed by atoms with van der Waals surface area (Å²) in [6, 6.07) is 3.64. The normalized spacial score (nSPS) is 24.6. The maximum absolute atomic E-state index is 11.6. The lowest BCUT2D eigenvalue weighted by Gasteiger charge is -2.28. The Labute approximate surface area is 104 Å². The molecule has 0 fully saturated rings. The van der Waals surface area contributed by atoms with Crippen LogP contribution < -0.4 is 9.47 Å². The molecule has 0 saturated carbocycles. The SMILES string of the molecule is COC(=O)C1CCc2cc3c(cc2C1O)OCO3. The van der Waals surface area contributed by atoms with Crippen molar-refractivity contribution in [2.24, 2.45) is 5.92 Å². The summed E-state index contributed by atoms with van der Waals surface area (Å²) in [5.41, 5.74) is 1.74. The zero-order valence-electron chi connectivity index (χ0n) is 10.0. The topological polar surface area (TPSA) is 65.0 Å². The first-order chi connectivity index (χ1) is 8.70. The molecule has 2 aliphatic rings. The minimum atomic E-state index is -0.837. The minimum absolute atomic E-state index is 0.203. The van der Waals surface area contributed by atoms with E-state index in [1.165, 1.54) is 7.11 Å². The van der Waals surface area contributed by atoms with Crippen molar-refractivity contribution in [1.29, 1.82) is 0 Å². The van der Waals surface area contributed by atoms with E-state index >= 15 is 0 Å². The Bertz CT molecular complexity index is 496. The van der Waals surface area contributed by atoms with E-state index in [1.54, 1.807) is 6.07 Å². The van der Waals surface area contributed by atoms with Gasteiger partial charge in [0.2, 0.25) is 6.79 Å². The van der Waals surface area contributed by atoms with Crippen LogP contribution in [0.25, 0.3) is 0 Å². The average molecular weight is 250 g/mol. The Kier molecular flexibility index (Phi) is 2.63. The van der Waals surface area contributed by atoms with Gasteiger partial charge in [0, 0.05) is 0 Å². The summed E-state index contributed by atoms with van der Waals surface area (Å²) >= 11 is 0. The first-order valence-electron chi connectivity index (χ1n) is 5.89. The number of methoxy groups -OCH3 is 1. The molecule has 1 N–H and O–H groups in total. The Balaban J connectivity index is 1.98. The van der Waals surface area contributed by atoms with Gasteiger partial charge in [0.05, 0.1) is 19.1 Å². The lowest BCUT2D eigenvalue weighted by atomic mass is 9.81. The van der Waals surface area contributed by atoms with Crippen molar-refractivity contribution in [2.45, 2.75) is 18.9 Å². The number of hydrogen-bond donors (Lipinski definition) is 1. The highest BCUT2D eigenvalue weighted by Gasteiger charge is 2.35. The maximum Gasteiger partial charge on any atom is 0.311 e. The summed E-state index contributed by atoms with van der Waals surface area (Å²) in [5, 5.41) is 10.3. The predicted molar refractivity (Wildman–Crippen MR) is 61.4 cm³/mol. The van der Waals surface area contributed by atoms with E-state index in [0.29, 0.717) is 17.9 Å². The van der Waals surface area contributed by atoms with Gasteiger partial charge >= 0.3 is 5.97 Å². The molecular formula is C13H14O5. The molecular weight excluding hydrogens is 236 g/mol. The Morgan fingerprint density at radius 3 is 2.83 bits per heavy atom. The molecule has 18 heavy (non-hydrogen) atoms. The van der Waals surface area contributed by atoms with Crippen LogP contribution in [0.1, 0.15) is 23.7 Å². The van der Waals surface area contributed by atoms with Gasteiger partial charge < -0.3 is 19.3 Å². The number of aliphatic hydroxyl groups is 1. The zero-order chi connectivity index (χ0) is 12.7. The van der Waals surface area contributed by atoms with Crippen LogP contribution in [0.15, 0.2) is 12.1 Å². The first kappa shape index (κ1) is 11.3. The molecule has 1 aliphatic carbocycles. The molecule has 5 nitrogen and oxygen atoms in total. The highest BCUT2D eigenvalue weighted by molar-refractivity contribution is 5.74. The first-order valence-corrected chi connectivity index (χ1v) is 5.89. The summed E-state index contributed by atoms with van der Waals surface area (Å²) in [4.78, 5) is 11.6. The number of aliphatic hydroxyl groups excluding tert-OH is 1. The van der Waals surface area contributed by atoms with Crippen molar-refractivity contribution in [3.8, 4) is 11.5 Å². The van der Waals surface area contributed by atoms with E-state index < -0.39 is 12.0 Å². The summed E-state index contributed by atoms with van der Waals surface area (Å²) in [5.74, 6) is 0.462. The van der Waals surface area contributed by atoms with Crippen LogP contribution in [0.3, 0.4) is 0 Å². The number of benzene rings is 1. The second-order valence-electron chi connectivity index (χ2n) is 4.52. The number of ether oxygens (including phenoxy) is 3. The third kappa shape index (κ3) is 1.62. The maximum atomic E-state index is 11.6. The summed E-state index contributed by atoms with van der Waals surface area (Å²) in [7, 11) is 1.34. The standard InChI is InChI=1S/C13H14O5/c1-16-13(15)8-3-2-7-4-10-11(18-6-17-10)5-9(7)12(8)14/h4-5,8,12,14H,2-3,6H2,1H3. The van der Waals surface area contributed by atoms with E-state index in [0.717, 1.165) is 17.5 Å². The van der Waals surface area contributed by atoms with Gasteiger partial charge in [-0.3, -0.25) is 4.79 Å². The summed E-state index contributed by atoms with van der Waals surface area (Å²) < 4.78 is 15.3. The number of hydrogen-bond acceptors (Lipinski definition) is 5. The van der Waals surface area contributed by atoms with Crippen LogP contribution in [0.4, 0.5) is 0 Å². The van der Waals surface area contributed by atoms with Crippen LogP contribution in [0.5, 0.6) is 11.5 Å². The second-order valence-corrected chi connectivity index (χ2v) is 4.52. The molecule has 2 unspecified atom stereocenters. The highest BCUT2D eigenvalue weighted by atomic mass is 16.7. The number of carbonyl (C=O) groups excluding carboxylic acids is 1. The molecule has 2 atom stereocenters. The molecule has 1 aromatic carbocycles. The lowest BCUT2D eigenvalue weighted by Crippen LogP contribution is -2.28. The number of aryl methyl sites for hydroxylation is 1. The van der Waals surface area contributed by atoms with E-state index in [9.17, 15) is 9.90 Å². The van der Waals surface area contributed by atoms with Crippen LogP contribution in [0, 0.1) is 5.92 Å². The second kappa shape index (κ2) is 4.17. The van der Waals surface area contributed by atoms with Crippen LogP contribution in [-0.2, 0) is 16.0 Å². The summed E-state index contributed by atoms with van der Waals surface area (Å²) in [6.07, 6.45) is 0.471. The molecule has 96 valence electrons. The zero-order valence-corrected chi connectivity index (χ0v) is 10.0. The van der Waals surface area contributed by atoms with Crippen molar-refractivity contribution in [2.75, 3.05) is 13.9 Å². The lowest BCUT2D eigenvalue weighted by molar-refractivity contribution is -0.150. The average Bonchev–Trinajstić information content (AvgIpc) is 2.83. The minimum Gasteiger partial charge on any atom is -0.469 e. The van der Waals surface area contributed by atoms with Gasteiger partial charge in [-0.1, -0.05) is 0 Å². The number of fused-ring (bicyclic) bond motifs is 2. The van der Waals surface area contributed by atoms with Gasteiger partial charge in [-0.25, -0.2) is 0 Å². The monoisotopic (exact) mass is 250 g/mol. The van der Waals surface area contributed by atoms with Crippen molar-refractivity contribution < 1.29 is 24.1 Å². The van der Waals surface area contributed by atoms with Gasteiger partial charge in [-0.15, -0.1) is 0 Å². The van der Waals surface area contributed by atoms with Gasteiger partial charge in [0.1, 0.15) is 0 Å². The molecule has 1 aliphatic heterocycles. The fourth-order valence-electron chi connectivity index (χ4n) is 2.58. The Morgan fingerprint density at radius 1 is 1.39 bits per heavy atom. The van der Waals surface area contributed by atoms with Crippen molar-refractivity contribution in [3.63, 3.8) is 0 Å². The van der Waals surface area contributed by atoms with E-state index in [4.69, 9.17) is 14.2 Å². The third-order valence-electron chi connectivity index (χ3n) is 3.56. The molecule has 0 spiro atoms. The van der Waals surface area contributed by atoms with Crippen LogP contribution in [0.2, 0.25) is 0 Å². The van der Waals surface area contributed by atoms with Crippen molar-refractivity contribution >= 4 is 5.97 Å². The molecule has 0 amide bonds. The summed E-state index contributed by atoms with van der Waals surface area (Å²) in [6.45, 7) is 0.203. The highest BCUT2D eigenvalue weighted by Crippen LogP contribution is 2.42. The number of rotatable bonds is 1. The fraction of sp³-hybridized carbons (Fsp3) is 0.462. The number of carbonyl (C=O) groups is 1. The molecule has 0 bridgehead atoms. The van der Waals surface area contributed by atoms with Crippen molar-refractivity contribution in [1.82, 2.24) is 0 Å². The third-order valence-corrected chi connectivity index (χ3v) is 3.56. The van der Waals surface area contributed by atoms with Gasteiger partial charge in [-0.05, 0) is 36.1 Å². The van der Waals surface area contributed by atoms with Gasteiger partial charge in [0.25, 0.3) is 0 Å². The quantitative estimate of drug-likeness (QED) is 0.758. The Morgan fingerprint density at radius 2 is 2.11 bits per heavy atom. The molecule has 0 saturated heterocycles.